The number of hydrogen-bond acceptors (Lipinski definition) is 3. The molecule has 0 radical (unpaired) electrons. The molecular weight excluding hydrogens is 258 g/mol. The van der Waals surface area contributed by atoms with Crippen molar-refractivity contribution in [1.82, 2.24) is 15.2 Å². The number of hydrogen-bond donors (Lipinski definition) is 1. The summed E-state index contributed by atoms with van der Waals surface area (Å²) in [5.41, 5.74) is 1.37. The third-order valence-corrected chi connectivity index (χ3v) is 4.89. The first-order valence-corrected chi connectivity index (χ1v) is 8.18. The van der Waals surface area contributed by atoms with Gasteiger partial charge in [-0.05, 0) is 61.9 Å². The van der Waals surface area contributed by atoms with E-state index in [4.69, 9.17) is 0 Å². The third kappa shape index (κ3) is 3.09. The molecule has 0 spiro atoms. The lowest BCUT2D eigenvalue weighted by molar-refractivity contribution is 0.189. The molecular formula is C18H23N3. The zero-order chi connectivity index (χ0) is 14.1. The molecule has 0 unspecified atom stereocenters. The number of aromatic nitrogens is 1. The van der Waals surface area contributed by atoms with Crippen molar-refractivity contribution >= 4 is 10.8 Å². The first-order chi connectivity index (χ1) is 10.4. The molecule has 1 aliphatic carbocycles. The lowest BCUT2D eigenvalue weighted by Gasteiger charge is -2.32. The Morgan fingerprint density at radius 1 is 1.05 bits per heavy atom. The van der Waals surface area contributed by atoms with Gasteiger partial charge in [0.25, 0.3) is 0 Å². The SMILES string of the molecule is c1cc2cc(CNC3CCN(C4CC4)CC3)ccc2cn1. The fourth-order valence-electron chi connectivity index (χ4n) is 3.41. The fourth-order valence-corrected chi connectivity index (χ4v) is 3.41. The highest BCUT2D eigenvalue weighted by Gasteiger charge is 2.31. The molecule has 1 aromatic heterocycles. The van der Waals surface area contributed by atoms with E-state index in [2.05, 4.69) is 39.5 Å². The van der Waals surface area contributed by atoms with E-state index in [9.17, 15) is 0 Å². The summed E-state index contributed by atoms with van der Waals surface area (Å²) in [5, 5.41) is 6.25. The average molecular weight is 281 g/mol. The Balaban J connectivity index is 1.33. The molecule has 1 saturated carbocycles. The molecule has 0 bridgehead atoms. The van der Waals surface area contributed by atoms with Gasteiger partial charge in [-0.2, -0.15) is 0 Å². The van der Waals surface area contributed by atoms with Crippen LogP contribution in [0, 0.1) is 0 Å². The van der Waals surface area contributed by atoms with Crippen molar-refractivity contribution in [2.24, 2.45) is 0 Å². The molecule has 3 heteroatoms. The maximum atomic E-state index is 4.17. The zero-order valence-corrected chi connectivity index (χ0v) is 12.5. The highest BCUT2D eigenvalue weighted by Crippen LogP contribution is 2.29. The summed E-state index contributed by atoms with van der Waals surface area (Å²) < 4.78 is 0. The molecule has 1 N–H and O–H groups in total. The van der Waals surface area contributed by atoms with Crippen LogP contribution in [0.3, 0.4) is 0 Å². The predicted octanol–water partition coefficient (Wildman–Crippen LogP) is 2.95. The molecule has 110 valence electrons. The van der Waals surface area contributed by atoms with E-state index in [1.807, 2.05) is 12.4 Å². The first kappa shape index (κ1) is 13.2. The van der Waals surface area contributed by atoms with E-state index < -0.39 is 0 Å². The van der Waals surface area contributed by atoms with Crippen LogP contribution in [0.25, 0.3) is 10.8 Å². The number of pyridine rings is 1. The zero-order valence-electron chi connectivity index (χ0n) is 12.5. The number of benzene rings is 1. The summed E-state index contributed by atoms with van der Waals surface area (Å²) >= 11 is 0. The minimum Gasteiger partial charge on any atom is -0.310 e. The number of piperidine rings is 1. The van der Waals surface area contributed by atoms with E-state index in [1.165, 1.54) is 55.1 Å². The fraction of sp³-hybridized carbons (Fsp3) is 0.500. The molecule has 2 fully saturated rings. The molecule has 2 heterocycles. The number of nitrogens with zero attached hydrogens (tertiary/aromatic N) is 2. The van der Waals surface area contributed by atoms with E-state index in [1.54, 1.807) is 0 Å². The van der Waals surface area contributed by atoms with Crippen LogP contribution in [0.1, 0.15) is 31.2 Å². The average Bonchev–Trinajstić information content (AvgIpc) is 3.38. The topological polar surface area (TPSA) is 28.2 Å². The van der Waals surface area contributed by atoms with Gasteiger partial charge in [0.15, 0.2) is 0 Å². The minimum absolute atomic E-state index is 0.688. The third-order valence-electron chi connectivity index (χ3n) is 4.89. The quantitative estimate of drug-likeness (QED) is 0.934. The summed E-state index contributed by atoms with van der Waals surface area (Å²) in [7, 11) is 0. The number of rotatable bonds is 4. The van der Waals surface area contributed by atoms with Gasteiger partial charge >= 0.3 is 0 Å². The van der Waals surface area contributed by atoms with Crippen molar-refractivity contribution in [2.75, 3.05) is 13.1 Å². The van der Waals surface area contributed by atoms with Crippen LogP contribution in [-0.2, 0) is 6.54 Å². The van der Waals surface area contributed by atoms with Crippen LogP contribution in [0.5, 0.6) is 0 Å². The molecule has 2 aliphatic rings. The van der Waals surface area contributed by atoms with E-state index in [-0.39, 0.29) is 0 Å². The van der Waals surface area contributed by atoms with E-state index in [0.717, 1.165) is 12.6 Å². The van der Waals surface area contributed by atoms with Crippen LogP contribution in [0.4, 0.5) is 0 Å². The molecule has 1 aliphatic heterocycles. The van der Waals surface area contributed by atoms with Crippen LogP contribution in [0.2, 0.25) is 0 Å². The predicted molar refractivity (Wildman–Crippen MR) is 86.2 cm³/mol. The Bertz CT molecular complexity index is 613. The van der Waals surface area contributed by atoms with Gasteiger partial charge in [-0.25, -0.2) is 0 Å². The lowest BCUT2D eigenvalue weighted by atomic mass is 10.0. The van der Waals surface area contributed by atoms with Crippen LogP contribution in [0.15, 0.2) is 36.7 Å². The highest BCUT2D eigenvalue weighted by molar-refractivity contribution is 5.81. The second-order valence-corrected chi connectivity index (χ2v) is 6.48. The number of nitrogens with one attached hydrogen (secondary N) is 1. The lowest BCUT2D eigenvalue weighted by Crippen LogP contribution is -2.43. The van der Waals surface area contributed by atoms with Crippen molar-refractivity contribution in [2.45, 2.75) is 44.3 Å². The Morgan fingerprint density at radius 3 is 2.71 bits per heavy atom. The summed E-state index contributed by atoms with van der Waals surface area (Å²) in [6.07, 6.45) is 9.27. The van der Waals surface area contributed by atoms with E-state index in [0.29, 0.717) is 6.04 Å². The van der Waals surface area contributed by atoms with Crippen LogP contribution < -0.4 is 5.32 Å². The van der Waals surface area contributed by atoms with Crippen LogP contribution in [-0.4, -0.2) is 35.1 Å². The van der Waals surface area contributed by atoms with Crippen molar-refractivity contribution in [3.63, 3.8) is 0 Å². The molecule has 0 atom stereocenters. The van der Waals surface area contributed by atoms with Gasteiger partial charge in [0.2, 0.25) is 0 Å². The van der Waals surface area contributed by atoms with Gasteiger partial charge in [0.1, 0.15) is 0 Å². The monoisotopic (exact) mass is 281 g/mol. The summed E-state index contributed by atoms with van der Waals surface area (Å²) in [4.78, 5) is 6.85. The smallest absolute Gasteiger partial charge is 0.0346 e. The van der Waals surface area contributed by atoms with Gasteiger partial charge in [-0.15, -0.1) is 0 Å². The molecule has 4 rings (SSSR count). The minimum atomic E-state index is 0.688. The van der Waals surface area contributed by atoms with Gasteiger partial charge in [0.05, 0.1) is 0 Å². The van der Waals surface area contributed by atoms with Crippen molar-refractivity contribution in [3.8, 4) is 0 Å². The molecule has 3 nitrogen and oxygen atoms in total. The first-order valence-electron chi connectivity index (χ1n) is 8.18. The molecule has 21 heavy (non-hydrogen) atoms. The molecule has 2 aromatic rings. The second-order valence-electron chi connectivity index (χ2n) is 6.48. The maximum Gasteiger partial charge on any atom is 0.0346 e. The molecule has 0 amide bonds. The second kappa shape index (κ2) is 5.74. The van der Waals surface area contributed by atoms with E-state index >= 15 is 0 Å². The Hall–Kier alpha value is -1.45. The highest BCUT2D eigenvalue weighted by atomic mass is 15.2. The Morgan fingerprint density at radius 2 is 1.90 bits per heavy atom. The normalized spacial score (nSPS) is 21.0. The van der Waals surface area contributed by atoms with Gasteiger partial charge in [-0.3, -0.25) is 4.98 Å². The molecule has 1 saturated heterocycles. The van der Waals surface area contributed by atoms with Crippen molar-refractivity contribution < 1.29 is 0 Å². The van der Waals surface area contributed by atoms with Crippen molar-refractivity contribution in [3.05, 3.63) is 42.2 Å². The molecule has 1 aromatic carbocycles. The Labute approximate surface area is 126 Å². The Kier molecular flexibility index (Phi) is 3.62. The van der Waals surface area contributed by atoms with Gasteiger partial charge < -0.3 is 10.2 Å². The van der Waals surface area contributed by atoms with Gasteiger partial charge in [-0.1, -0.05) is 12.1 Å². The largest absolute Gasteiger partial charge is 0.310 e. The standard InChI is InChI=1S/C18H23N3/c1-2-16-13-19-8-5-15(16)11-14(1)12-20-17-6-9-21(10-7-17)18-3-4-18/h1-2,5,8,11,13,17-18,20H,3-4,6-7,9-10,12H2. The summed E-state index contributed by atoms with van der Waals surface area (Å²) in [6.45, 7) is 3.55. The number of likely N-dealkylation sites (tertiary alicyclic amines) is 1. The number of fused-ring (bicyclic) bond motifs is 1. The van der Waals surface area contributed by atoms with Crippen LogP contribution >= 0.6 is 0 Å². The van der Waals surface area contributed by atoms with Gasteiger partial charge in [0, 0.05) is 36.4 Å². The summed E-state index contributed by atoms with van der Waals surface area (Å²) in [6, 6.07) is 10.4. The summed E-state index contributed by atoms with van der Waals surface area (Å²) in [5.74, 6) is 0. The van der Waals surface area contributed by atoms with Crippen molar-refractivity contribution in [1.29, 1.82) is 0 Å². The maximum absolute atomic E-state index is 4.17.